The van der Waals surface area contributed by atoms with Crippen LogP contribution in [0, 0.1) is 0 Å². The van der Waals surface area contributed by atoms with E-state index in [1.807, 2.05) is 31.2 Å². The first kappa shape index (κ1) is 23.2. The Morgan fingerprint density at radius 3 is 2.52 bits per heavy atom. The normalized spacial score (nSPS) is 15.2. The first-order valence-electron chi connectivity index (χ1n) is 10.2. The highest BCUT2D eigenvalue weighted by Gasteiger charge is 2.25. The highest BCUT2D eigenvalue weighted by Crippen LogP contribution is 2.20. The molecular weight excluding hydrogens is 392 g/mol. The van der Waals surface area contributed by atoms with E-state index >= 15 is 0 Å². The van der Waals surface area contributed by atoms with E-state index in [4.69, 9.17) is 4.74 Å². The summed E-state index contributed by atoms with van der Waals surface area (Å²) in [6, 6.07) is 7.36. The van der Waals surface area contributed by atoms with Gasteiger partial charge in [-0.3, -0.25) is 9.59 Å². The number of carbonyl (C=O) groups is 2. The number of amides is 2. The molecule has 0 atom stereocenters. The minimum Gasteiger partial charge on any atom is -0.496 e. The van der Waals surface area contributed by atoms with E-state index < -0.39 is 21.5 Å². The molecule has 0 radical (unpaired) electrons. The molecule has 162 valence electrons. The summed E-state index contributed by atoms with van der Waals surface area (Å²) in [4.78, 5) is 26.5. The van der Waals surface area contributed by atoms with Crippen molar-refractivity contribution in [2.45, 2.75) is 51.5 Å². The van der Waals surface area contributed by atoms with Crippen LogP contribution in [0.2, 0.25) is 0 Å². The molecule has 1 heterocycles. The van der Waals surface area contributed by atoms with Crippen LogP contribution in [0.3, 0.4) is 0 Å². The van der Waals surface area contributed by atoms with Crippen LogP contribution < -0.4 is 10.1 Å². The first-order chi connectivity index (χ1) is 13.8. The number of para-hydroxylation sites is 1. The largest absolute Gasteiger partial charge is 0.496 e. The molecule has 8 heteroatoms. The third-order valence-electron chi connectivity index (χ3n) is 5.16. The zero-order valence-electron chi connectivity index (χ0n) is 17.4. The lowest BCUT2D eigenvalue weighted by molar-refractivity contribution is -0.131. The predicted molar refractivity (Wildman–Crippen MR) is 113 cm³/mol. The maximum atomic E-state index is 12.6. The van der Waals surface area contributed by atoms with Crippen LogP contribution in [-0.4, -0.2) is 62.9 Å². The highest BCUT2D eigenvalue weighted by molar-refractivity contribution is 7.92. The molecule has 1 aliphatic heterocycles. The van der Waals surface area contributed by atoms with Crippen molar-refractivity contribution in [3.8, 4) is 5.75 Å². The highest BCUT2D eigenvalue weighted by atomic mass is 32.2. The average molecular weight is 425 g/mol. The fourth-order valence-corrected chi connectivity index (χ4v) is 4.78. The summed E-state index contributed by atoms with van der Waals surface area (Å²) < 4.78 is 29.3. The molecule has 1 saturated heterocycles. The van der Waals surface area contributed by atoms with Gasteiger partial charge in [0.1, 0.15) is 11.5 Å². The quantitative estimate of drug-likeness (QED) is 0.580. The molecule has 1 N–H and O–H groups in total. The van der Waals surface area contributed by atoms with Crippen molar-refractivity contribution in [2.24, 2.45) is 0 Å². The van der Waals surface area contributed by atoms with E-state index in [9.17, 15) is 18.0 Å². The Labute approximate surface area is 173 Å². The number of unbranched alkanes of at least 4 members (excludes halogenated alkanes) is 2. The maximum absolute atomic E-state index is 12.6. The van der Waals surface area contributed by atoms with Crippen molar-refractivity contribution in [3.63, 3.8) is 0 Å². The van der Waals surface area contributed by atoms with Crippen molar-refractivity contribution >= 4 is 21.7 Å². The molecule has 0 saturated carbocycles. The fourth-order valence-electron chi connectivity index (χ4n) is 3.51. The predicted octanol–water partition coefficient (Wildman–Crippen LogP) is 1.95. The summed E-state index contributed by atoms with van der Waals surface area (Å²) in [5.74, 6) is -0.116. The number of sulfone groups is 1. The van der Waals surface area contributed by atoms with Gasteiger partial charge < -0.3 is 15.0 Å². The molecule has 0 aromatic heterocycles. The minimum atomic E-state index is -3.36. The van der Waals surface area contributed by atoms with Gasteiger partial charge in [0, 0.05) is 24.7 Å². The van der Waals surface area contributed by atoms with E-state index in [-0.39, 0.29) is 24.1 Å². The number of nitrogens with zero attached hydrogens (tertiary/aromatic N) is 1. The molecule has 1 aromatic rings. The lowest BCUT2D eigenvalue weighted by Gasteiger charge is -2.32. The van der Waals surface area contributed by atoms with Crippen LogP contribution >= 0.6 is 0 Å². The zero-order valence-corrected chi connectivity index (χ0v) is 18.2. The van der Waals surface area contributed by atoms with Crippen molar-refractivity contribution in [2.75, 3.05) is 31.7 Å². The topological polar surface area (TPSA) is 92.8 Å². The number of hydrogen-bond donors (Lipinski definition) is 1. The maximum Gasteiger partial charge on any atom is 0.235 e. The van der Waals surface area contributed by atoms with Gasteiger partial charge in [0.2, 0.25) is 11.8 Å². The molecule has 29 heavy (non-hydrogen) atoms. The molecule has 0 spiro atoms. The number of carbonyl (C=O) groups excluding carboxylic acids is 2. The summed E-state index contributed by atoms with van der Waals surface area (Å²) >= 11 is 0. The smallest absolute Gasteiger partial charge is 0.235 e. The Kier molecular flexibility index (Phi) is 8.95. The Hall–Kier alpha value is -2.09. The van der Waals surface area contributed by atoms with Crippen molar-refractivity contribution in [1.82, 2.24) is 10.2 Å². The molecule has 0 unspecified atom stereocenters. The van der Waals surface area contributed by atoms with Crippen LogP contribution in [0.5, 0.6) is 5.75 Å². The second-order valence-corrected chi connectivity index (χ2v) is 9.69. The van der Waals surface area contributed by atoms with Gasteiger partial charge in [0.05, 0.1) is 19.3 Å². The fraction of sp³-hybridized carbons (Fsp3) is 0.619. The van der Waals surface area contributed by atoms with Gasteiger partial charge in [0.15, 0.2) is 9.84 Å². The molecule has 2 rings (SSSR count). The van der Waals surface area contributed by atoms with Crippen LogP contribution in [0.15, 0.2) is 24.3 Å². The third-order valence-corrected chi connectivity index (χ3v) is 6.77. The molecular formula is C21H32N2O5S. The Bertz CT molecular complexity index is 786. The zero-order chi connectivity index (χ0) is 21.3. The van der Waals surface area contributed by atoms with Gasteiger partial charge in [-0.15, -0.1) is 0 Å². The van der Waals surface area contributed by atoms with E-state index in [2.05, 4.69) is 5.32 Å². The number of likely N-dealkylation sites (tertiary alicyclic amines) is 1. The summed E-state index contributed by atoms with van der Waals surface area (Å²) in [5, 5.41) is 2.82. The van der Waals surface area contributed by atoms with Gasteiger partial charge in [-0.05, 0) is 25.3 Å². The number of rotatable bonds is 10. The number of piperidine rings is 1. The van der Waals surface area contributed by atoms with E-state index in [0.29, 0.717) is 38.1 Å². The van der Waals surface area contributed by atoms with E-state index in [1.54, 1.807) is 12.0 Å². The van der Waals surface area contributed by atoms with Crippen LogP contribution in [-0.2, 0) is 25.8 Å². The minimum absolute atomic E-state index is 0.0257. The Morgan fingerprint density at radius 1 is 1.17 bits per heavy atom. The monoisotopic (exact) mass is 424 g/mol. The van der Waals surface area contributed by atoms with Crippen LogP contribution in [0.1, 0.15) is 44.6 Å². The molecule has 0 aliphatic carbocycles. The summed E-state index contributed by atoms with van der Waals surface area (Å²) in [6.07, 6.45) is 3.91. The van der Waals surface area contributed by atoms with Crippen LogP contribution in [0.4, 0.5) is 0 Å². The summed E-state index contributed by atoms with van der Waals surface area (Å²) in [7, 11) is -1.77. The number of ether oxygens (including phenoxy) is 1. The number of nitrogens with one attached hydrogen (secondary N) is 1. The molecule has 1 aromatic carbocycles. The molecule has 1 aliphatic rings. The standard InChI is InChI=1S/C21H32N2O5S/c1-3-4-7-14-29(26,27)16-20(24)22-18-10-12-23(13-11-18)21(25)15-17-8-5-6-9-19(17)28-2/h5-6,8-9,18H,3-4,7,10-16H2,1-2H3,(H,22,24). The first-order valence-corrected chi connectivity index (χ1v) is 12.1. The SMILES string of the molecule is CCCCCS(=O)(=O)CC(=O)NC1CCN(C(=O)Cc2ccccc2OC)CC1. The summed E-state index contributed by atoms with van der Waals surface area (Å²) in [5.41, 5.74) is 0.851. The molecule has 1 fully saturated rings. The van der Waals surface area contributed by atoms with Crippen molar-refractivity contribution < 1.29 is 22.7 Å². The Morgan fingerprint density at radius 2 is 1.86 bits per heavy atom. The molecule has 0 bridgehead atoms. The average Bonchev–Trinajstić information content (AvgIpc) is 2.68. The third kappa shape index (κ3) is 7.68. The van der Waals surface area contributed by atoms with Gasteiger partial charge in [-0.1, -0.05) is 38.0 Å². The van der Waals surface area contributed by atoms with E-state index in [0.717, 1.165) is 18.4 Å². The van der Waals surface area contributed by atoms with Crippen LogP contribution in [0.25, 0.3) is 0 Å². The lowest BCUT2D eigenvalue weighted by atomic mass is 10.0. The van der Waals surface area contributed by atoms with Gasteiger partial charge in [-0.2, -0.15) is 0 Å². The number of benzene rings is 1. The van der Waals surface area contributed by atoms with E-state index in [1.165, 1.54) is 0 Å². The molecule has 7 nitrogen and oxygen atoms in total. The van der Waals surface area contributed by atoms with Gasteiger partial charge in [0.25, 0.3) is 0 Å². The number of methoxy groups -OCH3 is 1. The number of hydrogen-bond acceptors (Lipinski definition) is 5. The van der Waals surface area contributed by atoms with Crippen molar-refractivity contribution in [1.29, 1.82) is 0 Å². The second-order valence-electron chi connectivity index (χ2n) is 7.51. The van der Waals surface area contributed by atoms with Gasteiger partial charge in [-0.25, -0.2) is 8.42 Å². The summed E-state index contributed by atoms with van der Waals surface area (Å²) in [6.45, 7) is 3.09. The second kappa shape index (κ2) is 11.2. The lowest BCUT2D eigenvalue weighted by Crippen LogP contribution is -2.48. The van der Waals surface area contributed by atoms with Crippen molar-refractivity contribution in [3.05, 3.63) is 29.8 Å². The Balaban J connectivity index is 1.77. The molecule has 2 amide bonds. The van der Waals surface area contributed by atoms with Gasteiger partial charge >= 0.3 is 0 Å².